The van der Waals surface area contributed by atoms with Crippen LogP contribution >= 0.6 is 27.5 Å². The Hall–Kier alpha value is -0.390. The van der Waals surface area contributed by atoms with E-state index in [1.54, 1.807) is 6.92 Å². The zero-order chi connectivity index (χ0) is 10.7. The summed E-state index contributed by atoms with van der Waals surface area (Å²) in [6.07, 6.45) is 0.713. The Kier molecular flexibility index (Phi) is 4.10. The van der Waals surface area contributed by atoms with Gasteiger partial charge in [-0.25, -0.2) is 4.98 Å². The van der Waals surface area contributed by atoms with Gasteiger partial charge in [0.2, 0.25) is 0 Å². The zero-order valence-corrected chi connectivity index (χ0v) is 9.92. The fraction of sp³-hybridized carbons (Fsp3) is 0.500. The molecule has 0 amide bonds. The maximum absolute atomic E-state index is 11.6. The van der Waals surface area contributed by atoms with E-state index >= 15 is 0 Å². The van der Waals surface area contributed by atoms with Gasteiger partial charge in [0.05, 0.1) is 18.5 Å². The number of nitrogens with zero attached hydrogens (tertiary/aromatic N) is 2. The SMILES string of the molecule is Cc1ncc(Br)c(=O)n1CC(O)CCl. The lowest BCUT2D eigenvalue weighted by atomic mass is 10.4. The molecule has 78 valence electrons. The number of aliphatic hydroxyl groups is 1. The summed E-state index contributed by atoms with van der Waals surface area (Å²) >= 11 is 8.53. The van der Waals surface area contributed by atoms with Gasteiger partial charge in [-0.1, -0.05) is 0 Å². The van der Waals surface area contributed by atoms with Crippen LogP contribution in [0, 0.1) is 6.92 Å². The van der Waals surface area contributed by atoms with Crippen LogP contribution in [0.15, 0.2) is 15.5 Å². The van der Waals surface area contributed by atoms with E-state index in [0.717, 1.165) is 0 Å². The maximum Gasteiger partial charge on any atom is 0.267 e. The molecule has 1 atom stereocenters. The van der Waals surface area contributed by atoms with Crippen molar-refractivity contribution in [3.8, 4) is 0 Å². The Morgan fingerprint density at radius 1 is 1.79 bits per heavy atom. The van der Waals surface area contributed by atoms with Crippen molar-refractivity contribution in [3.63, 3.8) is 0 Å². The average molecular weight is 282 g/mol. The van der Waals surface area contributed by atoms with Gasteiger partial charge in [-0.2, -0.15) is 0 Å². The molecule has 0 aromatic carbocycles. The summed E-state index contributed by atoms with van der Waals surface area (Å²) in [5.41, 5.74) is -0.207. The van der Waals surface area contributed by atoms with Crippen molar-refractivity contribution in [3.05, 3.63) is 26.8 Å². The first kappa shape index (κ1) is 11.7. The van der Waals surface area contributed by atoms with Crippen molar-refractivity contribution in [1.29, 1.82) is 0 Å². The molecule has 1 aromatic heterocycles. The number of aryl methyl sites for hydroxylation is 1. The van der Waals surface area contributed by atoms with E-state index in [1.807, 2.05) is 0 Å². The van der Waals surface area contributed by atoms with E-state index in [2.05, 4.69) is 20.9 Å². The van der Waals surface area contributed by atoms with Gasteiger partial charge in [0.1, 0.15) is 10.3 Å². The molecular formula is C8H10BrClN2O2. The zero-order valence-electron chi connectivity index (χ0n) is 7.57. The van der Waals surface area contributed by atoms with Crippen LogP contribution in [0.1, 0.15) is 5.82 Å². The van der Waals surface area contributed by atoms with Crippen molar-refractivity contribution in [2.75, 3.05) is 5.88 Å². The number of hydrogen-bond acceptors (Lipinski definition) is 3. The number of rotatable bonds is 3. The molecule has 0 aliphatic heterocycles. The number of aromatic nitrogens is 2. The highest BCUT2D eigenvalue weighted by molar-refractivity contribution is 9.10. The predicted octanol–water partition coefficient (Wildman–Crippen LogP) is 0.914. The first-order valence-electron chi connectivity index (χ1n) is 4.02. The van der Waals surface area contributed by atoms with Crippen LogP contribution in [0.5, 0.6) is 0 Å². The van der Waals surface area contributed by atoms with Crippen LogP contribution in [-0.4, -0.2) is 26.6 Å². The molecule has 0 bridgehead atoms. The van der Waals surface area contributed by atoms with Gasteiger partial charge in [-0.05, 0) is 22.9 Å². The van der Waals surface area contributed by atoms with E-state index in [4.69, 9.17) is 11.6 Å². The molecule has 0 spiro atoms. The van der Waals surface area contributed by atoms with E-state index < -0.39 is 6.10 Å². The van der Waals surface area contributed by atoms with E-state index in [0.29, 0.717) is 10.3 Å². The maximum atomic E-state index is 11.6. The topological polar surface area (TPSA) is 55.1 Å². The molecule has 14 heavy (non-hydrogen) atoms. The number of aliphatic hydroxyl groups excluding tert-OH is 1. The van der Waals surface area contributed by atoms with Crippen LogP contribution < -0.4 is 5.56 Å². The third kappa shape index (κ3) is 2.56. The Morgan fingerprint density at radius 2 is 2.43 bits per heavy atom. The molecular weight excluding hydrogens is 271 g/mol. The van der Waals surface area contributed by atoms with Crippen molar-refractivity contribution >= 4 is 27.5 Å². The molecule has 0 saturated heterocycles. The van der Waals surface area contributed by atoms with Crippen LogP contribution in [0.3, 0.4) is 0 Å². The van der Waals surface area contributed by atoms with Gasteiger partial charge < -0.3 is 5.11 Å². The number of hydrogen-bond donors (Lipinski definition) is 1. The molecule has 1 aromatic rings. The lowest BCUT2D eigenvalue weighted by molar-refractivity contribution is 0.173. The van der Waals surface area contributed by atoms with Crippen molar-refractivity contribution < 1.29 is 5.11 Å². The summed E-state index contributed by atoms with van der Waals surface area (Å²) in [4.78, 5) is 15.6. The second kappa shape index (κ2) is 4.91. The van der Waals surface area contributed by atoms with E-state index in [-0.39, 0.29) is 18.0 Å². The fourth-order valence-corrected chi connectivity index (χ4v) is 1.44. The molecule has 0 aliphatic carbocycles. The third-order valence-corrected chi connectivity index (χ3v) is 2.68. The quantitative estimate of drug-likeness (QED) is 0.838. The van der Waals surface area contributed by atoms with Gasteiger partial charge in [0, 0.05) is 6.20 Å². The minimum Gasteiger partial charge on any atom is -0.390 e. The molecule has 6 heteroatoms. The predicted molar refractivity (Wildman–Crippen MR) is 57.7 cm³/mol. The van der Waals surface area contributed by atoms with Crippen molar-refractivity contribution in [1.82, 2.24) is 9.55 Å². The Bertz CT molecular complexity index is 380. The third-order valence-electron chi connectivity index (χ3n) is 1.78. The summed E-state index contributed by atoms with van der Waals surface area (Å²) < 4.78 is 1.77. The highest BCUT2D eigenvalue weighted by atomic mass is 79.9. The minimum atomic E-state index is -0.732. The van der Waals surface area contributed by atoms with E-state index in [9.17, 15) is 9.90 Å². The Morgan fingerprint density at radius 3 is 3.00 bits per heavy atom. The van der Waals surface area contributed by atoms with Gasteiger partial charge in [-0.15, -0.1) is 11.6 Å². The smallest absolute Gasteiger partial charge is 0.267 e. The highest BCUT2D eigenvalue weighted by Crippen LogP contribution is 2.02. The van der Waals surface area contributed by atoms with Gasteiger partial charge in [0.25, 0.3) is 5.56 Å². The second-order valence-corrected chi connectivity index (χ2v) is 4.04. The molecule has 1 N–H and O–H groups in total. The lowest BCUT2D eigenvalue weighted by Gasteiger charge is -2.12. The molecule has 0 aliphatic rings. The summed E-state index contributed by atoms with van der Waals surface area (Å²) in [7, 11) is 0. The number of alkyl halides is 1. The molecule has 1 unspecified atom stereocenters. The van der Waals surface area contributed by atoms with Crippen LogP contribution in [-0.2, 0) is 6.54 Å². The molecule has 0 fully saturated rings. The largest absolute Gasteiger partial charge is 0.390 e. The fourth-order valence-electron chi connectivity index (χ4n) is 1.03. The van der Waals surface area contributed by atoms with Gasteiger partial charge >= 0.3 is 0 Å². The van der Waals surface area contributed by atoms with Crippen LogP contribution in [0.25, 0.3) is 0 Å². The lowest BCUT2D eigenvalue weighted by Crippen LogP contribution is -2.30. The Labute approximate surface area is 94.7 Å². The first-order valence-corrected chi connectivity index (χ1v) is 5.35. The van der Waals surface area contributed by atoms with Crippen molar-refractivity contribution in [2.24, 2.45) is 0 Å². The first-order chi connectivity index (χ1) is 6.56. The molecule has 4 nitrogen and oxygen atoms in total. The molecule has 1 heterocycles. The van der Waals surface area contributed by atoms with Gasteiger partial charge in [-0.3, -0.25) is 9.36 Å². The molecule has 0 radical (unpaired) electrons. The summed E-state index contributed by atoms with van der Waals surface area (Å²) in [5, 5.41) is 9.32. The van der Waals surface area contributed by atoms with Gasteiger partial charge in [0.15, 0.2) is 0 Å². The second-order valence-electron chi connectivity index (χ2n) is 2.88. The number of halogens is 2. The minimum absolute atomic E-state index is 0.0956. The summed E-state index contributed by atoms with van der Waals surface area (Å²) in [5.74, 6) is 0.653. The molecule has 1 rings (SSSR count). The van der Waals surface area contributed by atoms with Crippen LogP contribution in [0.2, 0.25) is 0 Å². The average Bonchev–Trinajstić information content (AvgIpc) is 2.18. The summed E-state index contributed by atoms with van der Waals surface area (Å²) in [6.45, 7) is 1.87. The normalized spacial score (nSPS) is 12.9. The molecule has 0 saturated carbocycles. The van der Waals surface area contributed by atoms with Crippen LogP contribution in [0.4, 0.5) is 0 Å². The highest BCUT2D eigenvalue weighted by Gasteiger charge is 2.09. The van der Waals surface area contributed by atoms with E-state index in [1.165, 1.54) is 10.8 Å². The monoisotopic (exact) mass is 280 g/mol. The standard InChI is InChI=1S/C8H10BrClN2O2/c1-5-11-3-7(9)8(14)12(5)4-6(13)2-10/h3,6,13H,2,4H2,1H3. The summed E-state index contributed by atoms with van der Waals surface area (Å²) in [6, 6.07) is 0. The Balaban J connectivity index is 3.07. The van der Waals surface area contributed by atoms with Crippen molar-refractivity contribution in [2.45, 2.75) is 19.6 Å².